The molecule has 0 radical (unpaired) electrons. The molecule has 1 aliphatic rings. The molecular weight excluding hydrogens is 416 g/mol. The van der Waals surface area contributed by atoms with Gasteiger partial charge >= 0.3 is 5.97 Å². The number of nitrogens with one attached hydrogen (secondary N) is 2. The first-order valence-electron chi connectivity index (χ1n) is 9.98. The fourth-order valence-electron chi connectivity index (χ4n) is 3.46. The maximum absolute atomic E-state index is 12.5. The monoisotopic (exact) mass is 434 g/mol. The summed E-state index contributed by atoms with van der Waals surface area (Å²) in [5, 5.41) is 8.44. The molecule has 8 heteroatoms. The van der Waals surface area contributed by atoms with Crippen LogP contribution in [0.4, 0.5) is 5.82 Å². The molecule has 156 valence electrons. The Hall–Kier alpha value is -3.58. The highest BCUT2D eigenvalue weighted by Crippen LogP contribution is 2.40. The maximum atomic E-state index is 12.5. The van der Waals surface area contributed by atoms with Crippen molar-refractivity contribution in [2.75, 3.05) is 11.9 Å². The molecular formula is C23H19ClN4O3. The third-order valence-corrected chi connectivity index (χ3v) is 5.57. The number of hydrogen-bond acceptors (Lipinski definition) is 4. The van der Waals surface area contributed by atoms with Crippen molar-refractivity contribution in [2.45, 2.75) is 18.8 Å². The van der Waals surface area contributed by atoms with Gasteiger partial charge in [-0.15, -0.1) is 0 Å². The zero-order chi connectivity index (χ0) is 21.4. The molecule has 0 bridgehead atoms. The third-order valence-electron chi connectivity index (χ3n) is 5.17. The van der Waals surface area contributed by atoms with E-state index in [1.54, 1.807) is 10.7 Å². The van der Waals surface area contributed by atoms with Gasteiger partial charge in [0.15, 0.2) is 6.61 Å². The number of halogens is 1. The van der Waals surface area contributed by atoms with Crippen LogP contribution >= 0.6 is 11.6 Å². The maximum Gasteiger partial charge on any atom is 0.356 e. The Morgan fingerprint density at radius 2 is 1.87 bits per heavy atom. The number of ether oxygens (including phenoxy) is 1. The molecule has 0 aliphatic heterocycles. The van der Waals surface area contributed by atoms with Gasteiger partial charge in [0.05, 0.1) is 16.4 Å². The number of hydrogen-bond donors (Lipinski definition) is 2. The molecule has 1 saturated carbocycles. The summed E-state index contributed by atoms with van der Waals surface area (Å²) in [6, 6.07) is 18.7. The Morgan fingerprint density at radius 3 is 2.61 bits per heavy atom. The lowest BCUT2D eigenvalue weighted by molar-refractivity contribution is -0.119. The highest BCUT2D eigenvalue weighted by molar-refractivity contribution is 6.38. The zero-order valence-electron chi connectivity index (χ0n) is 16.5. The Bertz CT molecular complexity index is 1270. The molecule has 1 amide bonds. The average molecular weight is 435 g/mol. The van der Waals surface area contributed by atoms with Gasteiger partial charge in [0.2, 0.25) is 0 Å². The normalized spacial score (nSPS) is 13.3. The molecule has 7 nitrogen and oxygen atoms in total. The van der Waals surface area contributed by atoms with E-state index in [1.807, 2.05) is 54.6 Å². The molecule has 1 aliphatic carbocycles. The number of esters is 1. The second kappa shape index (κ2) is 7.92. The van der Waals surface area contributed by atoms with Crippen LogP contribution < -0.4 is 5.32 Å². The topological polar surface area (TPSA) is 89.0 Å². The van der Waals surface area contributed by atoms with Crippen molar-refractivity contribution >= 4 is 40.2 Å². The van der Waals surface area contributed by atoms with Crippen LogP contribution in [-0.2, 0) is 9.53 Å². The lowest BCUT2D eigenvalue weighted by Crippen LogP contribution is -2.22. The van der Waals surface area contributed by atoms with Gasteiger partial charge in [0, 0.05) is 22.9 Å². The summed E-state index contributed by atoms with van der Waals surface area (Å²) in [7, 11) is 0. The van der Waals surface area contributed by atoms with Crippen LogP contribution in [0.3, 0.4) is 0 Å². The average Bonchev–Trinajstić information content (AvgIpc) is 3.48. The first kappa shape index (κ1) is 19.4. The smallest absolute Gasteiger partial charge is 0.356 e. The van der Waals surface area contributed by atoms with Crippen molar-refractivity contribution in [3.05, 3.63) is 77.1 Å². The third kappa shape index (κ3) is 3.92. The fourth-order valence-corrected chi connectivity index (χ4v) is 3.75. The van der Waals surface area contributed by atoms with Crippen LogP contribution in [-0.4, -0.2) is 33.2 Å². The van der Waals surface area contributed by atoms with Gasteiger partial charge in [-0.2, -0.15) is 5.10 Å². The minimum Gasteiger partial charge on any atom is -0.451 e. The van der Waals surface area contributed by atoms with Gasteiger partial charge < -0.3 is 15.0 Å². The van der Waals surface area contributed by atoms with E-state index in [9.17, 15) is 9.59 Å². The molecule has 2 N–H and O–H groups in total. The van der Waals surface area contributed by atoms with Gasteiger partial charge in [-0.05, 0) is 31.0 Å². The number of para-hydroxylation sites is 2. The summed E-state index contributed by atoms with van der Waals surface area (Å²) in [5.41, 5.74) is 2.64. The summed E-state index contributed by atoms with van der Waals surface area (Å²) >= 11 is 6.28. The van der Waals surface area contributed by atoms with Gasteiger partial charge in [0.25, 0.3) is 5.91 Å². The van der Waals surface area contributed by atoms with Crippen LogP contribution in [0, 0.1) is 0 Å². The first-order valence-corrected chi connectivity index (χ1v) is 10.4. The molecule has 0 spiro atoms. The van der Waals surface area contributed by atoms with Crippen molar-refractivity contribution in [2.24, 2.45) is 0 Å². The SMILES string of the molecule is O=C(COC(=O)c1[nH]c2ccccc2c1Cl)Nc1cc(C2CC2)nn1-c1ccccc1. The van der Waals surface area contributed by atoms with Gasteiger partial charge in [-0.25, -0.2) is 9.48 Å². The lowest BCUT2D eigenvalue weighted by atomic mass is 10.2. The number of aromatic nitrogens is 3. The summed E-state index contributed by atoms with van der Waals surface area (Å²) in [6.45, 7) is -0.441. The Kier molecular flexibility index (Phi) is 4.95. The van der Waals surface area contributed by atoms with Crippen molar-refractivity contribution in [1.29, 1.82) is 0 Å². The van der Waals surface area contributed by atoms with Crippen molar-refractivity contribution in [3.63, 3.8) is 0 Å². The number of anilines is 1. The number of nitrogens with zero attached hydrogens (tertiary/aromatic N) is 2. The van der Waals surface area contributed by atoms with E-state index in [1.165, 1.54) is 0 Å². The molecule has 5 rings (SSSR count). The minimum absolute atomic E-state index is 0.126. The lowest BCUT2D eigenvalue weighted by Gasteiger charge is -2.09. The summed E-state index contributed by atoms with van der Waals surface area (Å²) < 4.78 is 6.88. The number of rotatable bonds is 6. The number of carbonyl (C=O) groups is 2. The number of amides is 1. The number of fused-ring (bicyclic) bond motifs is 1. The Labute approximate surface area is 183 Å². The van der Waals surface area contributed by atoms with Crippen LogP contribution in [0.2, 0.25) is 5.02 Å². The van der Waals surface area contributed by atoms with E-state index >= 15 is 0 Å². The van der Waals surface area contributed by atoms with E-state index in [-0.39, 0.29) is 10.7 Å². The molecule has 0 atom stereocenters. The standard InChI is InChI=1S/C23H19ClN4O3/c24-21-16-8-4-5-9-17(16)25-22(21)23(30)31-13-20(29)26-19-12-18(14-10-11-14)27-28(19)15-6-2-1-3-7-15/h1-9,12,14,25H,10-11,13H2,(H,26,29). The molecule has 1 fully saturated rings. The second-order valence-electron chi connectivity index (χ2n) is 7.46. The molecule has 0 saturated heterocycles. The predicted molar refractivity (Wildman–Crippen MR) is 118 cm³/mol. The Balaban J connectivity index is 1.29. The second-order valence-corrected chi connectivity index (χ2v) is 7.84. The number of carbonyl (C=O) groups excluding carboxylic acids is 2. The van der Waals surface area contributed by atoms with E-state index in [0.29, 0.717) is 11.7 Å². The van der Waals surface area contributed by atoms with Crippen LogP contribution in [0.1, 0.15) is 34.9 Å². The van der Waals surface area contributed by atoms with E-state index in [4.69, 9.17) is 16.3 Å². The molecule has 0 unspecified atom stereocenters. The molecule has 2 heterocycles. The van der Waals surface area contributed by atoms with Gasteiger partial charge in [-0.1, -0.05) is 48.0 Å². The summed E-state index contributed by atoms with van der Waals surface area (Å²) in [5.74, 6) is -0.174. The zero-order valence-corrected chi connectivity index (χ0v) is 17.2. The van der Waals surface area contributed by atoms with E-state index in [0.717, 1.165) is 35.1 Å². The molecule has 2 aromatic carbocycles. The highest BCUT2D eigenvalue weighted by atomic mass is 35.5. The molecule has 4 aromatic rings. The van der Waals surface area contributed by atoms with Crippen molar-refractivity contribution < 1.29 is 14.3 Å². The Morgan fingerprint density at radius 1 is 1.13 bits per heavy atom. The van der Waals surface area contributed by atoms with Crippen molar-refractivity contribution in [1.82, 2.24) is 14.8 Å². The summed E-state index contributed by atoms with van der Waals surface area (Å²) in [6.07, 6.45) is 2.20. The first-order chi connectivity index (χ1) is 15.1. The van der Waals surface area contributed by atoms with Crippen molar-refractivity contribution in [3.8, 4) is 5.69 Å². The van der Waals surface area contributed by atoms with Gasteiger partial charge in [-0.3, -0.25) is 4.79 Å². The van der Waals surface area contributed by atoms with E-state index in [2.05, 4.69) is 15.4 Å². The van der Waals surface area contributed by atoms with Crippen LogP contribution in [0.15, 0.2) is 60.7 Å². The number of benzene rings is 2. The highest BCUT2D eigenvalue weighted by Gasteiger charge is 2.28. The number of aromatic amines is 1. The summed E-state index contributed by atoms with van der Waals surface area (Å²) in [4.78, 5) is 27.9. The fraction of sp³-hybridized carbons (Fsp3) is 0.174. The quantitative estimate of drug-likeness (QED) is 0.431. The van der Waals surface area contributed by atoms with Crippen LogP contribution in [0.5, 0.6) is 0 Å². The predicted octanol–water partition coefficient (Wildman–Crippen LogP) is 4.68. The van der Waals surface area contributed by atoms with Crippen LogP contribution in [0.25, 0.3) is 16.6 Å². The van der Waals surface area contributed by atoms with E-state index < -0.39 is 18.5 Å². The largest absolute Gasteiger partial charge is 0.451 e. The molecule has 2 aromatic heterocycles. The minimum atomic E-state index is -0.688. The molecule has 31 heavy (non-hydrogen) atoms. The number of H-pyrrole nitrogens is 1. The van der Waals surface area contributed by atoms with Gasteiger partial charge in [0.1, 0.15) is 11.5 Å².